The zero-order chi connectivity index (χ0) is 32.4. The highest BCUT2D eigenvalue weighted by Crippen LogP contribution is 2.33. The summed E-state index contributed by atoms with van der Waals surface area (Å²) in [6.07, 6.45) is 4.15. The lowest BCUT2D eigenvalue weighted by Gasteiger charge is -2.19. The van der Waals surface area contributed by atoms with Gasteiger partial charge in [-0.2, -0.15) is 0 Å². The van der Waals surface area contributed by atoms with Crippen LogP contribution < -0.4 is 0 Å². The van der Waals surface area contributed by atoms with E-state index in [1.165, 1.54) is 0 Å². The van der Waals surface area contributed by atoms with Gasteiger partial charge in [0.15, 0.2) is 5.78 Å². The van der Waals surface area contributed by atoms with Gasteiger partial charge in [0.2, 0.25) is 0 Å². The summed E-state index contributed by atoms with van der Waals surface area (Å²) in [5.41, 5.74) is -0.992. The van der Waals surface area contributed by atoms with E-state index in [9.17, 15) is 19.5 Å². The number of carbonyl (C=O) groups is 3. The average molecular weight is 599 g/mol. The van der Waals surface area contributed by atoms with Crippen LogP contribution >= 0.6 is 0 Å². The molecular weight excluding hydrogens is 536 g/mol. The van der Waals surface area contributed by atoms with Crippen molar-refractivity contribution >= 4 is 17.7 Å². The van der Waals surface area contributed by atoms with Crippen LogP contribution in [0, 0.1) is 34.5 Å². The highest BCUT2D eigenvalue weighted by molar-refractivity contribution is 5.87. The number of rotatable bonds is 12. The van der Waals surface area contributed by atoms with Crippen LogP contribution in [-0.2, 0) is 33.3 Å². The molecule has 0 aliphatic carbocycles. The van der Waals surface area contributed by atoms with E-state index in [2.05, 4.69) is 27.7 Å². The van der Waals surface area contributed by atoms with Crippen molar-refractivity contribution < 1.29 is 38.4 Å². The lowest BCUT2D eigenvalue weighted by molar-refractivity contribution is -0.154. The first-order valence-electron chi connectivity index (χ1n) is 16.2. The maximum absolute atomic E-state index is 12.2. The fourth-order valence-corrected chi connectivity index (χ4v) is 4.92. The number of aliphatic hydroxyl groups excluding tert-OH is 1. The minimum Gasteiger partial charge on any atom is -0.465 e. The van der Waals surface area contributed by atoms with Crippen molar-refractivity contribution in [3.8, 4) is 0 Å². The minimum atomic E-state index is -0.507. The predicted molar refractivity (Wildman–Crippen MR) is 165 cm³/mol. The van der Waals surface area contributed by atoms with Gasteiger partial charge < -0.3 is 24.1 Å². The third kappa shape index (κ3) is 12.2. The van der Waals surface area contributed by atoms with Crippen molar-refractivity contribution in [2.75, 3.05) is 13.2 Å². The van der Waals surface area contributed by atoms with E-state index in [1.54, 1.807) is 0 Å². The van der Waals surface area contributed by atoms with Crippen molar-refractivity contribution in [2.45, 2.75) is 152 Å². The van der Waals surface area contributed by atoms with Gasteiger partial charge in [-0.3, -0.25) is 14.4 Å². The van der Waals surface area contributed by atoms with Gasteiger partial charge in [-0.1, -0.05) is 54.4 Å². The number of carbonyl (C=O) groups excluding carboxylic acids is 3. The highest BCUT2D eigenvalue weighted by atomic mass is 16.5. The van der Waals surface area contributed by atoms with E-state index < -0.39 is 23.0 Å². The molecule has 8 heteroatoms. The van der Waals surface area contributed by atoms with E-state index in [0.29, 0.717) is 31.3 Å². The van der Waals surface area contributed by atoms with Gasteiger partial charge in [-0.25, -0.2) is 0 Å². The first-order chi connectivity index (χ1) is 19.3. The fraction of sp³-hybridized carbons (Fsp3) is 0.912. The Morgan fingerprint density at radius 3 is 1.69 bits per heavy atom. The maximum Gasteiger partial charge on any atom is 0.311 e. The third-order valence-corrected chi connectivity index (χ3v) is 8.66. The number of ether oxygens (including phenoxy) is 4. The van der Waals surface area contributed by atoms with Gasteiger partial charge in [-0.05, 0) is 66.2 Å². The Bertz CT molecular complexity index is 841. The lowest BCUT2D eigenvalue weighted by Crippen LogP contribution is -2.29. The van der Waals surface area contributed by atoms with Crippen LogP contribution in [0.3, 0.4) is 0 Å². The smallest absolute Gasteiger partial charge is 0.311 e. The summed E-state index contributed by atoms with van der Waals surface area (Å²) in [7, 11) is 0. The van der Waals surface area contributed by atoms with Gasteiger partial charge in [0, 0.05) is 24.7 Å². The lowest BCUT2D eigenvalue weighted by atomic mass is 9.91. The molecule has 246 valence electrons. The Balaban J connectivity index is 0.000000420. The summed E-state index contributed by atoms with van der Waals surface area (Å²) in [6, 6.07) is 0. The molecule has 42 heavy (non-hydrogen) atoms. The van der Waals surface area contributed by atoms with Crippen LogP contribution in [0.15, 0.2) is 0 Å². The van der Waals surface area contributed by atoms with E-state index in [0.717, 1.165) is 25.7 Å². The van der Waals surface area contributed by atoms with Gasteiger partial charge in [0.1, 0.15) is 6.10 Å². The number of aliphatic hydroxyl groups is 1. The van der Waals surface area contributed by atoms with E-state index in [1.807, 2.05) is 55.4 Å². The number of hydrogen-bond donors (Lipinski definition) is 1. The molecule has 2 aliphatic rings. The molecule has 2 rings (SSSR count). The highest BCUT2D eigenvalue weighted by Gasteiger charge is 2.42. The first-order valence-corrected chi connectivity index (χ1v) is 16.2. The van der Waals surface area contributed by atoms with E-state index in [4.69, 9.17) is 18.9 Å². The largest absolute Gasteiger partial charge is 0.465 e. The van der Waals surface area contributed by atoms with Crippen molar-refractivity contribution in [3.63, 3.8) is 0 Å². The van der Waals surface area contributed by atoms with Crippen LogP contribution in [-0.4, -0.2) is 66.6 Å². The molecule has 0 radical (unpaired) electrons. The summed E-state index contributed by atoms with van der Waals surface area (Å²) in [4.78, 5) is 35.6. The second-order valence-electron chi connectivity index (χ2n) is 14.8. The Morgan fingerprint density at radius 2 is 1.24 bits per heavy atom. The number of ketones is 1. The van der Waals surface area contributed by atoms with Gasteiger partial charge in [-0.15, -0.1) is 0 Å². The molecule has 0 aromatic rings. The van der Waals surface area contributed by atoms with Crippen molar-refractivity contribution in [3.05, 3.63) is 0 Å². The monoisotopic (exact) mass is 598 g/mol. The molecule has 2 heterocycles. The summed E-state index contributed by atoms with van der Waals surface area (Å²) in [5.74, 6) is 0.945. The molecule has 0 spiro atoms. The van der Waals surface area contributed by atoms with Crippen LogP contribution in [0.1, 0.15) is 122 Å². The number of esters is 2. The molecule has 2 aliphatic heterocycles. The molecule has 0 aromatic carbocycles. The van der Waals surface area contributed by atoms with Crippen LogP contribution in [0.5, 0.6) is 0 Å². The summed E-state index contributed by atoms with van der Waals surface area (Å²) >= 11 is 0. The molecular formula is C34H62O8. The van der Waals surface area contributed by atoms with E-state index in [-0.39, 0.29) is 54.5 Å². The van der Waals surface area contributed by atoms with Crippen LogP contribution in [0.25, 0.3) is 0 Å². The van der Waals surface area contributed by atoms with Crippen molar-refractivity contribution in [2.24, 2.45) is 34.5 Å². The molecule has 2 fully saturated rings. The molecule has 0 saturated carbocycles. The molecule has 2 saturated heterocycles. The zero-order valence-electron chi connectivity index (χ0n) is 28.7. The molecule has 9 atom stereocenters. The van der Waals surface area contributed by atoms with Crippen molar-refractivity contribution in [1.82, 2.24) is 0 Å². The zero-order valence-corrected chi connectivity index (χ0v) is 28.7. The molecule has 0 amide bonds. The van der Waals surface area contributed by atoms with Crippen molar-refractivity contribution in [1.29, 1.82) is 0 Å². The average Bonchev–Trinajstić information content (AvgIpc) is 3.32. The summed E-state index contributed by atoms with van der Waals surface area (Å²) in [6.45, 7) is 24.2. The van der Waals surface area contributed by atoms with Crippen LogP contribution in [0.4, 0.5) is 0 Å². The number of hydrogen-bond acceptors (Lipinski definition) is 8. The standard InChI is InChI=1S/C17H32O4.C17H30O4/c2*1-7-11(2)10-14-12(3)15(18)13(21-14)8-9-20-16(19)17(4,5)6/h11-15,18H,7-10H2,1-6H3;11-14H,7-10H2,1-6H3/t11-,12+,13+,14-,15-;11-,12+,13+,14-/m11/s1. The van der Waals surface area contributed by atoms with Gasteiger partial charge in [0.05, 0.1) is 48.5 Å². The maximum atomic E-state index is 12.2. The Labute approximate surface area is 256 Å². The molecule has 8 nitrogen and oxygen atoms in total. The van der Waals surface area contributed by atoms with Gasteiger partial charge in [0.25, 0.3) is 0 Å². The topological polar surface area (TPSA) is 108 Å². The SMILES string of the molecule is CC[C@@H](C)C[C@H]1O[C@@H](CCOC(=O)C(C)(C)C)C(=O)[C@H]1C.CC[C@@H](C)C[C@H]1O[C@@H](CCOC(=O)C(C)(C)C)[C@H](O)[C@H]1C. The molecule has 1 N–H and O–H groups in total. The second-order valence-corrected chi connectivity index (χ2v) is 14.8. The molecule has 0 unspecified atom stereocenters. The van der Waals surface area contributed by atoms with Crippen LogP contribution in [0.2, 0.25) is 0 Å². The number of Topliss-reactive ketones (excluding diaryl/α,β-unsaturated/α-hetero) is 1. The Hall–Kier alpha value is -1.51. The second kappa shape index (κ2) is 17.1. The first kappa shape index (κ1) is 38.5. The van der Waals surface area contributed by atoms with E-state index >= 15 is 0 Å². The Morgan fingerprint density at radius 1 is 0.786 bits per heavy atom. The minimum absolute atomic E-state index is 0.00997. The van der Waals surface area contributed by atoms with Gasteiger partial charge >= 0.3 is 11.9 Å². The molecule has 0 aromatic heterocycles. The summed E-state index contributed by atoms with van der Waals surface area (Å²) in [5, 5.41) is 10.3. The third-order valence-electron chi connectivity index (χ3n) is 8.66. The molecule has 0 bridgehead atoms. The fourth-order valence-electron chi connectivity index (χ4n) is 4.92. The summed E-state index contributed by atoms with van der Waals surface area (Å²) < 4.78 is 22.3. The normalized spacial score (nSPS) is 29.5. The Kier molecular flexibility index (Phi) is 15.7. The quantitative estimate of drug-likeness (QED) is 0.252. The predicted octanol–water partition coefficient (Wildman–Crippen LogP) is 6.54.